The Morgan fingerprint density at radius 1 is 1.42 bits per heavy atom. The summed E-state index contributed by atoms with van der Waals surface area (Å²) < 4.78 is 5.45. The third-order valence-electron chi connectivity index (χ3n) is 2.19. The first-order valence-electron chi connectivity index (χ1n) is 5.92. The minimum absolute atomic E-state index is 0.118. The number of amides is 1. The number of rotatable bonds is 4. The summed E-state index contributed by atoms with van der Waals surface area (Å²) in [5, 5.41) is 11.8. The number of aromatic carboxylic acids is 1. The highest BCUT2D eigenvalue weighted by molar-refractivity contribution is 7.14. The van der Waals surface area contributed by atoms with Gasteiger partial charge in [0, 0.05) is 10.4 Å². The lowest BCUT2D eigenvalue weighted by Crippen LogP contribution is -2.46. The zero-order valence-corrected chi connectivity index (χ0v) is 12.6. The summed E-state index contributed by atoms with van der Waals surface area (Å²) in [6.45, 7) is 9.00. The maximum Gasteiger partial charge on any atom is 0.349 e. The van der Waals surface area contributed by atoms with Gasteiger partial charge in [0.1, 0.15) is 5.75 Å². The zero-order chi connectivity index (χ0) is 14.8. The average Bonchev–Trinajstić information content (AvgIpc) is 2.56. The monoisotopic (exact) mass is 285 g/mol. The van der Waals surface area contributed by atoms with E-state index in [0.29, 0.717) is 0 Å². The van der Waals surface area contributed by atoms with Crippen molar-refractivity contribution >= 4 is 23.2 Å². The van der Waals surface area contributed by atoms with Gasteiger partial charge in [-0.2, -0.15) is 0 Å². The van der Waals surface area contributed by atoms with Crippen molar-refractivity contribution < 1.29 is 19.4 Å². The molecule has 1 heterocycles. The molecule has 1 unspecified atom stereocenters. The maximum atomic E-state index is 11.9. The lowest BCUT2D eigenvalue weighted by molar-refractivity contribution is -0.128. The van der Waals surface area contributed by atoms with Crippen LogP contribution in [0.2, 0.25) is 0 Å². The first-order valence-corrected chi connectivity index (χ1v) is 6.74. The molecule has 0 aliphatic carbocycles. The third-order valence-corrected chi connectivity index (χ3v) is 3.21. The van der Waals surface area contributed by atoms with Crippen molar-refractivity contribution in [2.75, 3.05) is 0 Å². The van der Waals surface area contributed by atoms with Gasteiger partial charge >= 0.3 is 5.97 Å². The molecule has 1 aromatic rings. The number of carbonyl (C=O) groups excluding carboxylic acids is 1. The molecule has 0 bridgehead atoms. The van der Waals surface area contributed by atoms with Gasteiger partial charge in [-0.25, -0.2) is 4.79 Å². The van der Waals surface area contributed by atoms with Crippen LogP contribution in [-0.4, -0.2) is 28.6 Å². The Morgan fingerprint density at radius 3 is 2.47 bits per heavy atom. The molecule has 1 aromatic heterocycles. The Hall–Kier alpha value is -1.56. The van der Waals surface area contributed by atoms with Crippen molar-refractivity contribution in [2.45, 2.75) is 46.3 Å². The summed E-state index contributed by atoms with van der Waals surface area (Å²) >= 11 is 1.13. The molecule has 0 saturated heterocycles. The van der Waals surface area contributed by atoms with E-state index >= 15 is 0 Å². The quantitative estimate of drug-likeness (QED) is 0.891. The van der Waals surface area contributed by atoms with E-state index in [-0.39, 0.29) is 22.1 Å². The van der Waals surface area contributed by atoms with E-state index in [1.54, 1.807) is 19.9 Å². The standard InChI is InChI=1S/C13H19NO4S/c1-7-6-9(10(19-7)12(16)17)18-8(2)11(15)14-13(3,4)5/h6,8H,1-5H3,(H,14,15)(H,16,17). The van der Waals surface area contributed by atoms with Gasteiger partial charge in [-0.15, -0.1) is 11.3 Å². The third kappa shape index (κ3) is 4.55. The first-order chi connectivity index (χ1) is 8.60. The number of hydrogen-bond donors (Lipinski definition) is 2. The predicted octanol–water partition coefficient (Wildman–Crippen LogP) is 2.44. The normalized spacial score (nSPS) is 12.9. The van der Waals surface area contributed by atoms with Crippen molar-refractivity contribution in [3.63, 3.8) is 0 Å². The number of carboxylic acids is 1. The molecule has 1 atom stereocenters. The fourth-order valence-corrected chi connectivity index (χ4v) is 2.23. The highest BCUT2D eigenvalue weighted by atomic mass is 32.1. The Kier molecular flexibility index (Phi) is 4.57. The predicted molar refractivity (Wildman–Crippen MR) is 74.0 cm³/mol. The topological polar surface area (TPSA) is 75.6 Å². The van der Waals surface area contributed by atoms with Crippen LogP contribution in [-0.2, 0) is 4.79 Å². The average molecular weight is 285 g/mol. The molecule has 0 fully saturated rings. The second-order valence-electron chi connectivity index (χ2n) is 5.35. The van der Waals surface area contributed by atoms with Crippen LogP contribution in [0.3, 0.4) is 0 Å². The van der Waals surface area contributed by atoms with Crippen LogP contribution in [0.15, 0.2) is 6.07 Å². The highest BCUT2D eigenvalue weighted by Crippen LogP contribution is 2.29. The molecule has 0 spiro atoms. The molecule has 106 valence electrons. The number of aryl methyl sites for hydroxylation is 1. The second-order valence-corrected chi connectivity index (χ2v) is 6.61. The van der Waals surface area contributed by atoms with Gasteiger partial charge in [-0.05, 0) is 40.7 Å². The smallest absolute Gasteiger partial charge is 0.349 e. The van der Waals surface area contributed by atoms with Crippen LogP contribution in [0.25, 0.3) is 0 Å². The summed E-state index contributed by atoms with van der Waals surface area (Å²) in [5.74, 6) is -1.07. The fraction of sp³-hybridized carbons (Fsp3) is 0.538. The van der Waals surface area contributed by atoms with Crippen molar-refractivity contribution in [1.29, 1.82) is 0 Å². The van der Waals surface area contributed by atoms with E-state index in [0.717, 1.165) is 16.2 Å². The van der Waals surface area contributed by atoms with Gasteiger partial charge in [0.05, 0.1) is 0 Å². The number of hydrogen-bond acceptors (Lipinski definition) is 4. The first kappa shape index (κ1) is 15.5. The molecule has 19 heavy (non-hydrogen) atoms. The number of carbonyl (C=O) groups is 2. The zero-order valence-electron chi connectivity index (χ0n) is 11.7. The van der Waals surface area contributed by atoms with Crippen LogP contribution < -0.4 is 10.1 Å². The van der Waals surface area contributed by atoms with Crippen molar-refractivity contribution in [3.05, 3.63) is 15.8 Å². The lowest BCUT2D eigenvalue weighted by Gasteiger charge is -2.23. The lowest BCUT2D eigenvalue weighted by atomic mass is 10.1. The van der Waals surface area contributed by atoms with Gasteiger partial charge in [0.2, 0.25) is 0 Å². The number of ether oxygens (including phenoxy) is 1. The molecule has 1 amide bonds. The van der Waals surface area contributed by atoms with Gasteiger partial charge in [-0.3, -0.25) is 4.79 Å². The number of thiophene rings is 1. The van der Waals surface area contributed by atoms with Crippen LogP contribution in [0.4, 0.5) is 0 Å². The van der Waals surface area contributed by atoms with Crippen LogP contribution in [0, 0.1) is 6.92 Å². The summed E-state index contributed by atoms with van der Waals surface area (Å²) in [6, 6.07) is 1.63. The molecular formula is C13H19NO4S. The van der Waals surface area contributed by atoms with Gasteiger partial charge in [0.15, 0.2) is 11.0 Å². The summed E-state index contributed by atoms with van der Waals surface area (Å²) in [5.41, 5.74) is -0.352. The Balaban J connectivity index is 2.79. The molecule has 2 N–H and O–H groups in total. The molecule has 0 aromatic carbocycles. The van der Waals surface area contributed by atoms with E-state index in [1.807, 2.05) is 20.8 Å². The van der Waals surface area contributed by atoms with Crippen LogP contribution in [0.1, 0.15) is 42.2 Å². The highest BCUT2D eigenvalue weighted by Gasteiger charge is 2.23. The van der Waals surface area contributed by atoms with Crippen LogP contribution in [0.5, 0.6) is 5.75 Å². The Labute approximate surface area is 116 Å². The fourth-order valence-electron chi connectivity index (χ4n) is 1.44. The molecule has 5 nitrogen and oxygen atoms in total. The minimum atomic E-state index is -1.04. The van der Waals surface area contributed by atoms with Crippen molar-refractivity contribution in [3.8, 4) is 5.75 Å². The largest absolute Gasteiger partial charge is 0.479 e. The molecular weight excluding hydrogens is 266 g/mol. The minimum Gasteiger partial charge on any atom is -0.479 e. The second kappa shape index (κ2) is 5.61. The molecule has 0 aliphatic rings. The Morgan fingerprint density at radius 2 is 2.00 bits per heavy atom. The van der Waals surface area contributed by atoms with Gasteiger partial charge in [0.25, 0.3) is 5.91 Å². The van der Waals surface area contributed by atoms with Crippen molar-refractivity contribution in [2.24, 2.45) is 0 Å². The van der Waals surface area contributed by atoms with E-state index in [4.69, 9.17) is 9.84 Å². The Bertz CT molecular complexity index is 487. The summed E-state index contributed by atoms with van der Waals surface area (Å²) in [7, 11) is 0. The molecule has 0 saturated carbocycles. The molecule has 0 aliphatic heterocycles. The maximum absolute atomic E-state index is 11.9. The molecule has 1 rings (SSSR count). The number of carboxylic acid groups (broad SMARTS) is 1. The SMILES string of the molecule is Cc1cc(OC(C)C(=O)NC(C)(C)C)c(C(=O)O)s1. The van der Waals surface area contributed by atoms with E-state index in [9.17, 15) is 9.59 Å². The van der Waals surface area contributed by atoms with E-state index < -0.39 is 12.1 Å². The molecule has 6 heteroatoms. The number of nitrogens with one attached hydrogen (secondary N) is 1. The van der Waals surface area contributed by atoms with E-state index in [1.165, 1.54) is 0 Å². The summed E-state index contributed by atoms with van der Waals surface area (Å²) in [4.78, 5) is 23.9. The van der Waals surface area contributed by atoms with E-state index in [2.05, 4.69) is 5.32 Å². The van der Waals surface area contributed by atoms with Crippen LogP contribution >= 0.6 is 11.3 Å². The van der Waals surface area contributed by atoms with Gasteiger partial charge in [-0.1, -0.05) is 0 Å². The van der Waals surface area contributed by atoms with Gasteiger partial charge < -0.3 is 15.2 Å². The molecule has 0 radical (unpaired) electrons. The summed E-state index contributed by atoms with van der Waals surface area (Å²) in [6.07, 6.45) is -0.744. The van der Waals surface area contributed by atoms with Crippen molar-refractivity contribution in [1.82, 2.24) is 5.32 Å².